The van der Waals surface area contributed by atoms with Gasteiger partial charge in [-0.05, 0) is 39.8 Å². The smallest absolute Gasteiger partial charge is 0.0925 e. The number of piperidine rings is 1. The van der Waals surface area contributed by atoms with Gasteiger partial charge in [0.05, 0.1) is 18.1 Å². The molecule has 0 aliphatic carbocycles. The molecule has 2 N–H and O–H groups in total. The van der Waals surface area contributed by atoms with Crippen LogP contribution in [0.15, 0.2) is 6.33 Å². The number of aromatic nitrogens is 2. The molecule has 2 aliphatic heterocycles. The van der Waals surface area contributed by atoms with Crippen LogP contribution in [-0.4, -0.2) is 40.0 Å². The summed E-state index contributed by atoms with van der Waals surface area (Å²) in [6.45, 7) is 8.23. The SMILES string of the molecule is CC(C)([C@@H]1NCCc2[nH]cnc21)N1CCCCC1. The van der Waals surface area contributed by atoms with Gasteiger partial charge in [0.2, 0.25) is 0 Å². The summed E-state index contributed by atoms with van der Waals surface area (Å²) in [5.41, 5.74) is 2.70. The Balaban J connectivity index is 1.85. The molecule has 1 aromatic heterocycles. The second-order valence-corrected chi connectivity index (χ2v) is 6.10. The molecule has 0 saturated carbocycles. The van der Waals surface area contributed by atoms with E-state index in [9.17, 15) is 0 Å². The second-order valence-electron chi connectivity index (χ2n) is 6.10. The highest BCUT2D eigenvalue weighted by atomic mass is 15.2. The Kier molecular flexibility index (Phi) is 3.16. The molecule has 0 aromatic carbocycles. The Morgan fingerprint density at radius 3 is 2.83 bits per heavy atom. The number of imidazole rings is 1. The predicted molar refractivity (Wildman–Crippen MR) is 72.5 cm³/mol. The molecule has 1 fully saturated rings. The number of fused-ring (bicyclic) bond motifs is 1. The number of hydrogen-bond acceptors (Lipinski definition) is 3. The van der Waals surface area contributed by atoms with E-state index in [1.165, 1.54) is 43.7 Å². The molecule has 0 radical (unpaired) electrons. The van der Waals surface area contributed by atoms with Gasteiger partial charge in [0.1, 0.15) is 0 Å². The minimum Gasteiger partial charge on any atom is -0.348 e. The molecule has 3 rings (SSSR count). The molecule has 100 valence electrons. The first kappa shape index (κ1) is 12.2. The Bertz CT molecular complexity index is 404. The maximum atomic E-state index is 4.55. The normalized spacial score (nSPS) is 26.0. The second kappa shape index (κ2) is 4.67. The van der Waals surface area contributed by atoms with E-state index in [2.05, 4.69) is 34.0 Å². The van der Waals surface area contributed by atoms with Crippen LogP contribution in [0.4, 0.5) is 0 Å². The summed E-state index contributed by atoms with van der Waals surface area (Å²) >= 11 is 0. The van der Waals surface area contributed by atoms with E-state index in [1.54, 1.807) is 0 Å². The molecule has 0 unspecified atom stereocenters. The van der Waals surface area contributed by atoms with Crippen LogP contribution in [0.2, 0.25) is 0 Å². The minimum absolute atomic E-state index is 0.144. The highest BCUT2D eigenvalue weighted by Crippen LogP contribution is 2.35. The van der Waals surface area contributed by atoms with Crippen molar-refractivity contribution >= 4 is 0 Å². The zero-order valence-corrected chi connectivity index (χ0v) is 11.5. The molecular formula is C14H24N4. The van der Waals surface area contributed by atoms with Gasteiger partial charge in [-0.2, -0.15) is 0 Å². The van der Waals surface area contributed by atoms with Crippen molar-refractivity contribution in [1.82, 2.24) is 20.2 Å². The zero-order valence-electron chi connectivity index (χ0n) is 11.5. The van der Waals surface area contributed by atoms with Gasteiger partial charge in [0.15, 0.2) is 0 Å². The van der Waals surface area contributed by atoms with Gasteiger partial charge in [-0.15, -0.1) is 0 Å². The van der Waals surface area contributed by atoms with Crippen molar-refractivity contribution in [3.63, 3.8) is 0 Å². The monoisotopic (exact) mass is 248 g/mol. The number of aromatic amines is 1. The van der Waals surface area contributed by atoms with E-state index in [4.69, 9.17) is 0 Å². The van der Waals surface area contributed by atoms with Crippen molar-refractivity contribution in [3.05, 3.63) is 17.7 Å². The first-order valence-electron chi connectivity index (χ1n) is 7.20. The summed E-state index contributed by atoms with van der Waals surface area (Å²) in [6, 6.07) is 0.352. The number of nitrogens with one attached hydrogen (secondary N) is 2. The Morgan fingerprint density at radius 1 is 1.28 bits per heavy atom. The molecule has 1 saturated heterocycles. The summed E-state index contributed by atoms with van der Waals surface area (Å²) in [4.78, 5) is 10.5. The summed E-state index contributed by atoms with van der Waals surface area (Å²) in [7, 11) is 0. The lowest BCUT2D eigenvalue weighted by atomic mass is 9.85. The van der Waals surface area contributed by atoms with Crippen LogP contribution in [0.25, 0.3) is 0 Å². The fourth-order valence-corrected chi connectivity index (χ4v) is 3.46. The van der Waals surface area contributed by atoms with Crippen LogP contribution in [0, 0.1) is 0 Å². The lowest BCUT2D eigenvalue weighted by Crippen LogP contribution is -2.55. The van der Waals surface area contributed by atoms with Gasteiger partial charge in [-0.3, -0.25) is 4.90 Å². The van der Waals surface area contributed by atoms with E-state index < -0.39 is 0 Å². The highest BCUT2D eigenvalue weighted by molar-refractivity contribution is 5.23. The standard InChI is InChI=1S/C14H24N4/c1-14(2,18-8-4-3-5-9-18)13-12-11(6-7-15-13)16-10-17-12/h10,13,15H,3-9H2,1-2H3,(H,16,17)/t13-/m1/s1. The van der Waals surface area contributed by atoms with Gasteiger partial charge in [-0.1, -0.05) is 6.42 Å². The Labute approximate surface area is 109 Å². The minimum atomic E-state index is 0.144. The fourth-order valence-electron chi connectivity index (χ4n) is 3.46. The van der Waals surface area contributed by atoms with Crippen molar-refractivity contribution in [2.75, 3.05) is 19.6 Å². The van der Waals surface area contributed by atoms with Crippen LogP contribution < -0.4 is 5.32 Å². The molecule has 4 heteroatoms. The van der Waals surface area contributed by atoms with Crippen molar-refractivity contribution in [3.8, 4) is 0 Å². The van der Waals surface area contributed by atoms with E-state index in [0.29, 0.717) is 6.04 Å². The van der Waals surface area contributed by atoms with E-state index in [0.717, 1.165) is 13.0 Å². The molecule has 2 aliphatic rings. The molecule has 0 amide bonds. The fraction of sp³-hybridized carbons (Fsp3) is 0.786. The van der Waals surface area contributed by atoms with E-state index in [-0.39, 0.29) is 5.54 Å². The molecular weight excluding hydrogens is 224 g/mol. The third-order valence-corrected chi connectivity index (χ3v) is 4.63. The maximum Gasteiger partial charge on any atom is 0.0925 e. The third-order valence-electron chi connectivity index (χ3n) is 4.63. The maximum absolute atomic E-state index is 4.55. The van der Waals surface area contributed by atoms with Crippen LogP contribution in [0.1, 0.15) is 50.5 Å². The number of likely N-dealkylation sites (tertiary alicyclic amines) is 1. The summed E-state index contributed by atoms with van der Waals surface area (Å²) in [6.07, 6.45) is 6.98. The van der Waals surface area contributed by atoms with Crippen molar-refractivity contribution < 1.29 is 0 Å². The average molecular weight is 248 g/mol. The van der Waals surface area contributed by atoms with Crippen LogP contribution in [0.3, 0.4) is 0 Å². The first-order valence-corrected chi connectivity index (χ1v) is 7.20. The lowest BCUT2D eigenvalue weighted by molar-refractivity contribution is 0.0573. The Morgan fingerprint density at radius 2 is 2.06 bits per heavy atom. The highest BCUT2D eigenvalue weighted by Gasteiger charge is 2.40. The molecule has 3 heterocycles. The predicted octanol–water partition coefficient (Wildman–Crippen LogP) is 1.86. The van der Waals surface area contributed by atoms with Gasteiger partial charge in [0, 0.05) is 24.2 Å². The van der Waals surface area contributed by atoms with Crippen molar-refractivity contribution in [1.29, 1.82) is 0 Å². The molecule has 1 atom stereocenters. The number of H-pyrrole nitrogens is 1. The molecule has 0 bridgehead atoms. The first-order chi connectivity index (χ1) is 8.69. The largest absolute Gasteiger partial charge is 0.348 e. The quantitative estimate of drug-likeness (QED) is 0.839. The van der Waals surface area contributed by atoms with Crippen molar-refractivity contribution in [2.24, 2.45) is 0 Å². The number of rotatable bonds is 2. The molecule has 1 aromatic rings. The molecule has 4 nitrogen and oxygen atoms in total. The van der Waals surface area contributed by atoms with E-state index >= 15 is 0 Å². The zero-order chi connectivity index (χ0) is 12.6. The summed E-state index contributed by atoms with van der Waals surface area (Å²) in [5, 5.41) is 3.67. The topological polar surface area (TPSA) is 44.0 Å². The lowest BCUT2D eigenvalue weighted by Gasteiger charge is -2.47. The van der Waals surface area contributed by atoms with Crippen LogP contribution in [-0.2, 0) is 6.42 Å². The van der Waals surface area contributed by atoms with Gasteiger partial charge in [0.25, 0.3) is 0 Å². The number of nitrogens with zero attached hydrogens (tertiary/aromatic N) is 2. The molecule has 18 heavy (non-hydrogen) atoms. The summed E-state index contributed by atoms with van der Waals surface area (Å²) in [5.74, 6) is 0. The van der Waals surface area contributed by atoms with Gasteiger partial charge >= 0.3 is 0 Å². The average Bonchev–Trinajstić information content (AvgIpc) is 2.87. The van der Waals surface area contributed by atoms with E-state index in [1.807, 2.05) is 6.33 Å². The van der Waals surface area contributed by atoms with Gasteiger partial charge in [-0.25, -0.2) is 4.98 Å². The summed E-state index contributed by atoms with van der Waals surface area (Å²) < 4.78 is 0. The number of hydrogen-bond donors (Lipinski definition) is 2. The van der Waals surface area contributed by atoms with Gasteiger partial charge < -0.3 is 10.3 Å². The molecule has 0 spiro atoms. The third kappa shape index (κ3) is 1.97. The Hall–Kier alpha value is -0.870. The van der Waals surface area contributed by atoms with Crippen molar-refractivity contribution in [2.45, 2.75) is 51.1 Å². The van der Waals surface area contributed by atoms with Crippen LogP contribution >= 0.6 is 0 Å². The van der Waals surface area contributed by atoms with Crippen LogP contribution in [0.5, 0.6) is 0 Å².